The highest BCUT2D eigenvalue weighted by Crippen LogP contribution is 2.29. The van der Waals surface area contributed by atoms with Gasteiger partial charge in [0.1, 0.15) is 0 Å². The van der Waals surface area contributed by atoms with E-state index < -0.39 is 0 Å². The Morgan fingerprint density at radius 3 is 2.53 bits per heavy atom. The molecular weight excluding hydrogens is 368 g/mol. The Balaban J connectivity index is 2.21. The number of ether oxygens (including phenoxy) is 1. The van der Waals surface area contributed by atoms with E-state index in [-0.39, 0.29) is 0 Å². The first-order valence-corrected chi connectivity index (χ1v) is 7.09. The van der Waals surface area contributed by atoms with E-state index in [1.54, 1.807) is 13.3 Å². The van der Waals surface area contributed by atoms with Crippen LogP contribution < -0.4 is 4.74 Å². The second-order valence-corrected chi connectivity index (χ2v) is 5.88. The Labute approximate surface area is 120 Å². The lowest BCUT2D eigenvalue weighted by Gasteiger charge is -2.04. The quantitative estimate of drug-likeness (QED) is 0.754. The van der Waals surface area contributed by atoms with E-state index in [0.717, 1.165) is 13.8 Å². The van der Waals surface area contributed by atoms with Crippen LogP contribution in [0.5, 0.6) is 5.88 Å². The molecule has 6 heteroatoms. The number of halogens is 2. The van der Waals surface area contributed by atoms with Gasteiger partial charge in [0.15, 0.2) is 5.16 Å². The summed E-state index contributed by atoms with van der Waals surface area (Å²) in [5.74, 6) is 0.541. The van der Waals surface area contributed by atoms with Gasteiger partial charge in [-0.3, -0.25) is 0 Å². The summed E-state index contributed by atoms with van der Waals surface area (Å²) in [6.07, 6.45) is 1.69. The Morgan fingerprint density at radius 2 is 1.88 bits per heavy atom. The van der Waals surface area contributed by atoms with Crippen molar-refractivity contribution in [3.8, 4) is 5.88 Å². The molecule has 1 heterocycles. The zero-order valence-electron chi connectivity index (χ0n) is 8.85. The zero-order valence-corrected chi connectivity index (χ0v) is 12.8. The minimum atomic E-state index is 0.541. The van der Waals surface area contributed by atoms with Crippen LogP contribution in [0.1, 0.15) is 0 Å². The van der Waals surface area contributed by atoms with Crippen molar-refractivity contribution in [2.24, 2.45) is 0 Å². The first kappa shape index (κ1) is 12.9. The molecule has 0 radical (unpaired) electrons. The maximum absolute atomic E-state index is 5.12. The molecule has 88 valence electrons. The molecular formula is C11H8Br2N2OS. The predicted molar refractivity (Wildman–Crippen MR) is 74.5 cm³/mol. The summed E-state index contributed by atoms with van der Waals surface area (Å²) in [6, 6.07) is 7.98. The Hall–Kier alpha value is -0.590. The van der Waals surface area contributed by atoms with Gasteiger partial charge in [-0.2, -0.15) is 4.98 Å². The molecule has 0 saturated heterocycles. The average Bonchev–Trinajstić information content (AvgIpc) is 2.34. The molecule has 2 aromatic rings. The Kier molecular flexibility index (Phi) is 4.42. The lowest BCUT2D eigenvalue weighted by Crippen LogP contribution is -1.93. The van der Waals surface area contributed by atoms with Gasteiger partial charge < -0.3 is 4.74 Å². The molecule has 0 spiro atoms. The van der Waals surface area contributed by atoms with Gasteiger partial charge in [-0.25, -0.2) is 4.98 Å². The summed E-state index contributed by atoms with van der Waals surface area (Å²) in [5.41, 5.74) is 0. The molecule has 2 rings (SSSR count). The second kappa shape index (κ2) is 5.84. The molecule has 0 aliphatic rings. The van der Waals surface area contributed by atoms with Crippen molar-refractivity contribution in [3.63, 3.8) is 0 Å². The van der Waals surface area contributed by atoms with E-state index in [0.29, 0.717) is 11.0 Å². The fraction of sp³-hybridized carbons (Fsp3) is 0.0909. The minimum Gasteiger partial charge on any atom is -0.480 e. The van der Waals surface area contributed by atoms with Gasteiger partial charge in [0.05, 0.1) is 11.6 Å². The molecule has 0 N–H and O–H groups in total. The topological polar surface area (TPSA) is 35.0 Å². The maximum Gasteiger partial charge on any atom is 0.231 e. The monoisotopic (exact) mass is 374 g/mol. The number of rotatable bonds is 3. The fourth-order valence-electron chi connectivity index (χ4n) is 1.14. The molecule has 0 bridgehead atoms. The maximum atomic E-state index is 5.12. The largest absolute Gasteiger partial charge is 0.480 e. The van der Waals surface area contributed by atoms with Gasteiger partial charge in [-0.15, -0.1) is 0 Å². The van der Waals surface area contributed by atoms with Crippen molar-refractivity contribution in [2.45, 2.75) is 10.1 Å². The normalized spacial score (nSPS) is 10.3. The van der Waals surface area contributed by atoms with Gasteiger partial charge in [0, 0.05) is 15.6 Å². The van der Waals surface area contributed by atoms with Crippen LogP contribution in [0, 0.1) is 0 Å². The first-order chi connectivity index (χ1) is 8.19. The number of methoxy groups -OCH3 is 1. The lowest BCUT2D eigenvalue weighted by atomic mass is 10.4. The predicted octanol–water partition coefficient (Wildman–Crippen LogP) is 4.16. The number of hydrogen-bond acceptors (Lipinski definition) is 4. The van der Waals surface area contributed by atoms with Crippen LogP contribution >= 0.6 is 43.6 Å². The number of nitrogens with zero attached hydrogens (tertiary/aromatic N) is 2. The van der Waals surface area contributed by atoms with Crippen molar-refractivity contribution in [1.29, 1.82) is 0 Å². The average molecular weight is 376 g/mol. The van der Waals surface area contributed by atoms with Crippen LogP contribution in [0.3, 0.4) is 0 Å². The van der Waals surface area contributed by atoms with Crippen LogP contribution in [0.4, 0.5) is 0 Å². The van der Waals surface area contributed by atoms with E-state index in [4.69, 9.17) is 4.74 Å². The van der Waals surface area contributed by atoms with Crippen LogP contribution in [-0.2, 0) is 0 Å². The van der Waals surface area contributed by atoms with E-state index >= 15 is 0 Å². The van der Waals surface area contributed by atoms with Crippen LogP contribution in [0.15, 0.2) is 49.5 Å². The molecule has 17 heavy (non-hydrogen) atoms. The van der Waals surface area contributed by atoms with Gasteiger partial charge in [-0.05, 0) is 52.0 Å². The Morgan fingerprint density at radius 1 is 1.18 bits per heavy atom. The van der Waals surface area contributed by atoms with Crippen LogP contribution in [0.2, 0.25) is 0 Å². The summed E-state index contributed by atoms with van der Waals surface area (Å²) in [6.45, 7) is 0. The minimum absolute atomic E-state index is 0.541. The molecule has 0 unspecified atom stereocenters. The molecule has 0 amide bonds. The van der Waals surface area contributed by atoms with Gasteiger partial charge in [-0.1, -0.05) is 15.9 Å². The number of benzene rings is 1. The third-order valence-corrected chi connectivity index (χ3v) is 3.87. The first-order valence-electron chi connectivity index (χ1n) is 4.69. The molecule has 0 saturated carbocycles. The highest BCUT2D eigenvalue weighted by Gasteiger charge is 2.06. The van der Waals surface area contributed by atoms with Gasteiger partial charge >= 0.3 is 0 Å². The van der Waals surface area contributed by atoms with Crippen molar-refractivity contribution in [2.75, 3.05) is 7.11 Å². The van der Waals surface area contributed by atoms with Gasteiger partial charge in [0.25, 0.3) is 0 Å². The van der Waals surface area contributed by atoms with E-state index in [1.807, 2.05) is 24.3 Å². The fourth-order valence-corrected chi connectivity index (χ4v) is 2.47. The third-order valence-electron chi connectivity index (χ3n) is 1.91. The van der Waals surface area contributed by atoms with Crippen molar-refractivity contribution in [1.82, 2.24) is 9.97 Å². The standard InChI is InChI=1S/C11H8Br2N2OS/c1-16-10-9(13)6-14-11(15-10)17-8-4-2-7(12)3-5-8/h2-6H,1H3. The summed E-state index contributed by atoms with van der Waals surface area (Å²) in [4.78, 5) is 9.58. The van der Waals surface area contributed by atoms with Crippen molar-refractivity contribution in [3.05, 3.63) is 39.4 Å². The smallest absolute Gasteiger partial charge is 0.231 e. The molecule has 1 aromatic carbocycles. The molecule has 0 aliphatic carbocycles. The molecule has 0 aliphatic heterocycles. The third kappa shape index (κ3) is 3.43. The molecule has 0 fully saturated rings. The summed E-state index contributed by atoms with van der Waals surface area (Å²) in [5, 5.41) is 0.660. The summed E-state index contributed by atoms with van der Waals surface area (Å²) in [7, 11) is 1.58. The number of aromatic nitrogens is 2. The summed E-state index contributed by atoms with van der Waals surface area (Å²) >= 11 is 8.21. The zero-order chi connectivity index (χ0) is 12.3. The van der Waals surface area contributed by atoms with E-state index in [9.17, 15) is 0 Å². The highest BCUT2D eigenvalue weighted by molar-refractivity contribution is 9.10. The van der Waals surface area contributed by atoms with Crippen molar-refractivity contribution < 1.29 is 4.74 Å². The molecule has 3 nitrogen and oxygen atoms in total. The van der Waals surface area contributed by atoms with Crippen molar-refractivity contribution >= 4 is 43.6 Å². The summed E-state index contributed by atoms with van der Waals surface area (Å²) < 4.78 is 6.93. The highest BCUT2D eigenvalue weighted by atomic mass is 79.9. The molecule has 1 aromatic heterocycles. The lowest BCUT2D eigenvalue weighted by molar-refractivity contribution is 0.389. The van der Waals surface area contributed by atoms with E-state index in [2.05, 4.69) is 41.8 Å². The molecule has 0 atom stereocenters. The van der Waals surface area contributed by atoms with Crippen LogP contribution in [0.25, 0.3) is 0 Å². The van der Waals surface area contributed by atoms with Crippen LogP contribution in [-0.4, -0.2) is 17.1 Å². The second-order valence-electron chi connectivity index (χ2n) is 3.07. The van der Waals surface area contributed by atoms with Gasteiger partial charge in [0.2, 0.25) is 5.88 Å². The number of hydrogen-bond donors (Lipinski definition) is 0. The SMILES string of the molecule is COc1nc(Sc2ccc(Br)cc2)ncc1Br. The van der Waals surface area contributed by atoms with E-state index in [1.165, 1.54) is 11.8 Å². The Bertz CT molecular complexity index is 519.